The summed E-state index contributed by atoms with van der Waals surface area (Å²) in [5.41, 5.74) is 0.567. The van der Waals surface area contributed by atoms with Crippen LogP contribution in [0.4, 0.5) is 5.69 Å². The number of anilines is 1. The predicted octanol–water partition coefficient (Wildman–Crippen LogP) is 1.37. The van der Waals surface area contributed by atoms with E-state index in [2.05, 4.69) is 10.3 Å². The number of aliphatic hydroxyl groups is 2. The van der Waals surface area contributed by atoms with Crippen molar-refractivity contribution in [3.8, 4) is 0 Å². The van der Waals surface area contributed by atoms with Crippen LogP contribution < -0.4 is 11.0 Å². The Kier molecular flexibility index (Phi) is 4.97. The summed E-state index contributed by atoms with van der Waals surface area (Å²) in [5.74, 6) is 0. The van der Waals surface area contributed by atoms with Gasteiger partial charge in [0.25, 0.3) is 0 Å². The number of aliphatic hydroxyl groups excluding tert-OH is 1. The fraction of sp³-hybridized carbons (Fsp3) is 0.444. The van der Waals surface area contributed by atoms with Crippen molar-refractivity contribution in [3.05, 3.63) is 58.8 Å². The molecule has 1 aromatic carbocycles. The zero-order chi connectivity index (χ0) is 17.0. The highest BCUT2D eigenvalue weighted by Crippen LogP contribution is 2.32. The first-order valence-corrected chi connectivity index (χ1v) is 8.31. The molecule has 0 bridgehead atoms. The van der Waals surface area contributed by atoms with Crippen LogP contribution in [-0.4, -0.2) is 38.0 Å². The zero-order valence-corrected chi connectivity index (χ0v) is 13.6. The van der Waals surface area contributed by atoms with Crippen molar-refractivity contribution in [2.45, 2.75) is 43.9 Å². The van der Waals surface area contributed by atoms with E-state index in [-0.39, 0.29) is 5.69 Å². The molecule has 0 radical (unpaired) electrons. The maximum absolute atomic E-state index is 11.7. The van der Waals surface area contributed by atoms with Crippen LogP contribution in [0.25, 0.3) is 0 Å². The molecule has 3 N–H and O–H groups in total. The third-order valence-electron chi connectivity index (χ3n) is 4.65. The Morgan fingerprint density at radius 2 is 2.08 bits per heavy atom. The number of hydrogen-bond donors (Lipinski definition) is 3. The van der Waals surface area contributed by atoms with Gasteiger partial charge >= 0.3 is 5.69 Å². The lowest BCUT2D eigenvalue weighted by atomic mass is 9.95. The topological polar surface area (TPSA) is 87.4 Å². The summed E-state index contributed by atoms with van der Waals surface area (Å²) in [4.78, 5) is 15.4. The minimum atomic E-state index is -0.965. The van der Waals surface area contributed by atoms with Crippen molar-refractivity contribution in [2.24, 2.45) is 0 Å². The summed E-state index contributed by atoms with van der Waals surface area (Å²) in [7, 11) is 0. The molecule has 2 aromatic rings. The van der Waals surface area contributed by atoms with Crippen LogP contribution in [0.3, 0.4) is 0 Å². The molecule has 1 fully saturated rings. The van der Waals surface area contributed by atoms with Gasteiger partial charge in [0.2, 0.25) is 0 Å². The highest BCUT2D eigenvalue weighted by Gasteiger charge is 2.38. The maximum atomic E-state index is 11.7. The van der Waals surface area contributed by atoms with E-state index in [1.807, 2.05) is 24.3 Å². The lowest BCUT2D eigenvalue weighted by Crippen LogP contribution is -2.43. The fourth-order valence-corrected chi connectivity index (χ4v) is 3.21. The van der Waals surface area contributed by atoms with E-state index in [9.17, 15) is 15.0 Å². The summed E-state index contributed by atoms with van der Waals surface area (Å²) in [6.45, 7) is 0.738. The van der Waals surface area contributed by atoms with Gasteiger partial charge in [0.15, 0.2) is 0 Å². The summed E-state index contributed by atoms with van der Waals surface area (Å²) in [6, 6.07) is 9.40. The van der Waals surface area contributed by atoms with Gasteiger partial charge in [-0.15, -0.1) is 0 Å². The monoisotopic (exact) mass is 329 g/mol. The standard InChI is InChI=1S/C18H23N3O3/c22-16(18(24)7-1-2-8-18)12-20-15-6-3-5-14(11-15)13-21-10-4-9-19-17(21)23/h3-6,9-11,16,20,22,24H,1-2,7-8,12-13H2. The van der Waals surface area contributed by atoms with Crippen molar-refractivity contribution in [1.29, 1.82) is 0 Å². The van der Waals surface area contributed by atoms with Crippen LogP contribution in [-0.2, 0) is 6.54 Å². The van der Waals surface area contributed by atoms with Crippen LogP contribution in [0, 0.1) is 0 Å². The lowest BCUT2D eigenvalue weighted by molar-refractivity contribution is -0.0627. The van der Waals surface area contributed by atoms with Crippen molar-refractivity contribution in [3.63, 3.8) is 0 Å². The Labute approximate surface area is 140 Å². The molecule has 1 aromatic heterocycles. The minimum Gasteiger partial charge on any atom is -0.388 e. The SMILES string of the molecule is O=c1ncccn1Cc1cccc(NCC(O)C2(O)CCCC2)c1. The Bertz CT molecular complexity index is 738. The van der Waals surface area contributed by atoms with Gasteiger partial charge in [-0.25, -0.2) is 9.78 Å². The largest absolute Gasteiger partial charge is 0.388 e. The van der Waals surface area contributed by atoms with Crippen molar-refractivity contribution in [2.75, 3.05) is 11.9 Å². The molecule has 0 amide bonds. The molecule has 0 saturated heterocycles. The van der Waals surface area contributed by atoms with Crippen molar-refractivity contribution in [1.82, 2.24) is 9.55 Å². The smallest absolute Gasteiger partial charge is 0.347 e. The molecule has 1 aliphatic rings. The van der Waals surface area contributed by atoms with E-state index in [1.165, 1.54) is 10.8 Å². The molecule has 1 aliphatic carbocycles. The number of nitrogens with one attached hydrogen (secondary N) is 1. The number of rotatable bonds is 6. The molecule has 6 heteroatoms. The maximum Gasteiger partial charge on any atom is 0.347 e. The molecular formula is C18H23N3O3. The predicted molar refractivity (Wildman–Crippen MR) is 92.0 cm³/mol. The number of benzene rings is 1. The Morgan fingerprint density at radius 3 is 2.83 bits per heavy atom. The summed E-state index contributed by atoms with van der Waals surface area (Å²) < 4.78 is 1.54. The van der Waals surface area contributed by atoms with Crippen molar-refractivity contribution >= 4 is 5.69 Å². The molecule has 3 rings (SSSR count). The van der Waals surface area contributed by atoms with Gasteiger partial charge in [-0.05, 0) is 36.6 Å². The van der Waals surface area contributed by atoms with Crippen molar-refractivity contribution < 1.29 is 10.2 Å². The van der Waals surface area contributed by atoms with Crippen LogP contribution >= 0.6 is 0 Å². The molecule has 128 valence electrons. The number of aromatic nitrogens is 2. The Morgan fingerprint density at radius 1 is 1.29 bits per heavy atom. The first-order valence-electron chi connectivity index (χ1n) is 8.31. The molecule has 24 heavy (non-hydrogen) atoms. The number of nitrogens with zero attached hydrogens (tertiary/aromatic N) is 2. The molecule has 0 spiro atoms. The van der Waals surface area contributed by atoms with E-state index in [0.717, 1.165) is 24.1 Å². The first kappa shape index (κ1) is 16.7. The average molecular weight is 329 g/mol. The van der Waals surface area contributed by atoms with Gasteiger partial charge in [-0.2, -0.15) is 0 Å². The number of hydrogen-bond acceptors (Lipinski definition) is 5. The summed E-state index contributed by atoms with van der Waals surface area (Å²) in [6.07, 6.45) is 5.62. The van der Waals surface area contributed by atoms with E-state index in [4.69, 9.17) is 0 Å². The second kappa shape index (κ2) is 7.15. The second-order valence-electron chi connectivity index (χ2n) is 6.44. The van der Waals surface area contributed by atoms with Crippen LogP contribution in [0.2, 0.25) is 0 Å². The van der Waals surface area contributed by atoms with Gasteiger partial charge in [0, 0.05) is 24.6 Å². The third kappa shape index (κ3) is 3.83. The normalized spacial score (nSPS) is 17.6. The molecule has 1 heterocycles. The zero-order valence-electron chi connectivity index (χ0n) is 13.6. The molecule has 1 unspecified atom stereocenters. The minimum absolute atomic E-state index is 0.283. The Balaban J connectivity index is 1.63. The highest BCUT2D eigenvalue weighted by molar-refractivity contribution is 5.46. The van der Waals surface area contributed by atoms with E-state index >= 15 is 0 Å². The van der Waals surface area contributed by atoms with Gasteiger partial charge in [-0.3, -0.25) is 4.57 Å². The quantitative estimate of drug-likeness (QED) is 0.745. The van der Waals surface area contributed by atoms with Gasteiger partial charge in [0.05, 0.1) is 18.2 Å². The fourth-order valence-electron chi connectivity index (χ4n) is 3.21. The molecule has 1 saturated carbocycles. The molecular weight excluding hydrogens is 306 g/mol. The van der Waals surface area contributed by atoms with E-state index < -0.39 is 11.7 Å². The molecule has 0 aliphatic heterocycles. The van der Waals surface area contributed by atoms with Gasteiger partial charge in [0.1, 0.15) is 0 Å². The summed E-state index contributed by atoms with van der Waals surface area (Å²) >= 11 is 0. The molecule has 1 atom stereocenters. The average Bonchev–Trinajstić information content (AvgIpc) is 3.03. The van der Waals surface area contributed by atoms with E-state index in [1.54, 1.807) is 12.3 Å². The van der Waals surface area contributed by atoms with Crippen LogP contribution in [0.15, 0.2) is 47.5 Å². The van der Waals surface area contributed by atoms with Gasteiger partial charge < -0.3 is 15.5 Å². The second-order valence-corrected chi connectivity index (χ2v) is 6.44. The summed E-state index contributed by atoms with van der Waals surface area (Å²) in [5, 5.41) is 23.8. The van der Waals surface area contributed by atoms with Crippen LogP contribution in [0.5, 0.6) is 0 Å². The first-order chi connectivity index (χ1) is 11.6. The Hall–Kier alpha value is -2.18. The molecule has 6 nitrogen and oxygen atoms in total. The van der Waals surface area contributed by atoms with Crippen LogP contribution in [0.1, 0.15) is 31.2 Å². The highest BCUT2D eigenvalue weighted by atomic mass is 16.3. The van der Waals surface area contributed by atoms with Gasteiger partial charge in [-0.1, -0.05) is 25.0 Å². The third-order valence-corrected chi connectivity index (χ3v) is 4.65. The lowest BCUT2D eigenvalue weighted by Gasteiger charge is -2.28. The van der Waals surface area contributed by atoms with E-state index in [0.29, 0.717) is 25.9 Å².